The standard InChI is InChI=1S/C24H28O3S/c1-2-3-10-16-24(20-13-8-5-9-14-20)18-21(25)22(23(26)27-24)28-17-15-19-11-6-4-7-12-19/h4-9,11-14,22H,2-3,10,15-18H2,1H3. The number of thioether (sulfide) groups is 1. The fourth-order valence-corrected chi connectivity index (χ4v) is 4.78. The third kappa shape index (κ3) is 5.05. The van der Waals surface area contributed by atoms with E-state index in [1.807, 2.05) is 48.5 Å². The van der Waals surface area contributed by atoms with Crippen LogP contribution < -0.4 is 0 Å². The average molecular weight is 397 g/mol. The van der Waals surface area contributed by atoms with E-state index in [9.17, 15) is 9.59 Å². The van der Waals surface area contributed by atoms with Gasteiger partial charge in [0, 0.05) is 0 Å². The van der Waals surface area contributed by atoms with Crippen LogP contribution in [-0.2, 0) is 26.3 Å². The minimum absolute atomic E-state index is 0.00494. The summed E-state index contributed by atoms with van der Waals surface area (Å²) in [6.07, 6.45) is 4.90. The van der Waals surface area contributed by atoms with E-state index in [-0.39, 0.29) is 18.2 Å². The maximum Gasteiger partial charge on any atom is 0.327 e. The lowest BCUT2D eigenvalue weighted by atomic mass is 9.81. The molecule has 2 atom stereocenters. The lowest BCUT2D eigenvalue weighted by Crippen LogP contribution is -2.47. The molecule has 0 radical (unpaired) electrons. The van der Waals surface area contributed by atoms with Gasteiger partial charge in [-0.05, 0) is 36.1 Å². The van der Waals surface area contributed by atoms with Crippen molar-refractivity contribution in [2.45, 2.75) is 56.3 Å². The second-order valence-corrected chi connectivity index (χ2v) is 8.58. The van der Waals surface area contributed by atoms with Gasteiger partial charge in [-0.3, -0.25) is 9.59 Å². The molecular weight excluding hydrogens is 368 g/mol. The molecule has 3 rings (SSSR count). The van der Waals surface area contributed by atoms with Crippen molar-refractivity contribution >= 4 is 23.5 Å². The van der Waals surface area contributed by atoms with Gasteiger partial charge in [-0.15, -0.1) is 11.8 Å². The summed E-state index contributed by atoms with van der Waals surface area (Å²) in [5.74, 6) is 0.341. The Kier molecular flexibility index (Phi) is 7.32. The van der Waals surface area contributed by atoms with Crippen LogP contribution in [0.15, 0.2) is 60.7 Å². The first kappa shape index (κ1) is 20.7. The van der Waals surface area contributed by atoms with Crippen molar-refractivity contribution in [1.82, 2.24) is 0 Å². The molecule has 2 aromatic carbocycles. The summed E-state index contributed by atoms with van der Waals surface area (Å²) in [4.78, 5) is 25.8. The summed E-state index contributed by atoms with van der Waals surface area (Å²) >= 11 is 1.41. The molecule has 148 valence electrons. The first-order valence-electron chi connectivity index (χ1n) is 10.1. The Morgan fingerprint density at radius 3 is 2.32 bits per heavy atom. The lowest BCUT2D eigenvalue weighted by molar-refractivity contribution is -0.172. The van der Waals surface area contributed by atoms with E-state index in [2.05, 4.69) is 19.1 Å². The van der Waals surface area contributed by atoms with Crippen LogP contribution in [0.3, 0.4) is 0 Å². The summed E-state index contributed by atoms with van der Waals surface area (Å²) in [6, 6.07) is 19.9. The van der Waals surface area contributed by atoms with Gasteiger partial charge >= 0.3 is 5.97 Å². The number of ether oxygens (including phenoxy) is 1. The molecule has 0 saturated carbocycles. The summed E-state index contributed by atoms with van der Waals surface area (Å²) in [5.41, 5.74) is 1.34. The van der Waals surface area contributed by atoms with Gasteiger partial charge in [-0.25, -0.2) is 0 Å². The van der Waals surface area contributed by atoms with E-state index in [1.165, 1.54) is 17.3 Å². The van der Waals surface area contributed by atoms with Crippen LogP contribution >= 0.6 is 11.8 Å². The number of unbranched alkanes of at least 4 members (excludes halogenated alkanes) is 2. The number of cyclic esters (lactones) is 1. The van der Waals surface area contributed by atoms with E-state index in [0.29, 0.717) is 6.42 Å². The van der Waals surface area contributed by atoms with Crippen LogP contribution in [0, 0.1) is 0 Å². The molecule has 3 nitrogen and oxygen atoms in total. The van der Waals surface area contributed by atoms with Gasteiger partial charge < -0.3 is 4.74 Å². The molecule has 2 unspecified atom stereocenters. The highest BCUT2D eigenvalue weighted by molar-refractivity contribution is 8.01. The van der Waals surface area contributed by atoms with Crippen molar-refractivity contribution < 1.29 is 14.3 Å². The quantitative estimate of drug-likeness (QED) is 0.327. The number of ketones is 1. The molecule has 1 saturated heterocycles. The molecule has 0 spiro atoms. The molecule has 0 aliphatic carbocycles. The second kappa shape index (κ2) is 9.92. The highest BCUT2D eigenvalue weighted by Gasteiger charge is 2.47. The Labute approximate surface area is 171 Å². The third-order valence-electron chi connectivity index (χ3n) is 5.26. The van der Waals surface area contributed by atoms with Gasteiger partial charge in [-0.1, -0.05) is 80.4 Å². The SMILES string of the molecule is CCCCCC1(c2ccccc2)CC(=O)C(SCCc2ccccc2)C(=O)O1. The normalized spacial score (nSPS) is 22.1. The minimum atomic E-state index is -0.804. The van der Waals surface area contributed by atoms with Crippen LogP contribution in [-0.4, -0.2) is 22.8 Å². The zero-order chi connectivity index (χ0) is 19.8. The molecule has 1 heterocycles. The van der Waals surface area contributed by atoms with Crippen molar-refractivity contribution in [2.24, 2.45) is 0 Å². The molecule has 4 heteroatoms. The minimum Gasteiger partial charge on any atom is -0.453 e. The predicted molar refractivity (Wildman–Crippen MR) is 114 cm³/mol. The summed E-state index contributed by atoms with van der Waals surface area (Å²) in [5, 5.41) is -0.702. The number of esters is 1. The van der Waals surface area contributed by atoms with Crippen LogP contribution in [0.2, 0.25) is 0 Å². The molecular formula is C24H28O3S. The molecule has 0 amide bonds. The van der Waals surface area contributed by atoms with Gasteiger partial charge in [0.2, 0.25) is 0 Å². The average Bonchev–Trinajstić information content (AvgIpc) is 2.72. The number of benzene rings is 2. The molecule has 1 aliphatic heterocycles. The number of carbonyl (C=O) groups is 2. The van der Waals surface area contributed by atoms with Crippen molar-refractivity contribution in [3.05, 3.63) is 71.8 Å². The van der Waals surface area contributed by atoms with E-state index >= 15 is 0 Å². The maximum atomic E-state index is 12.9. The largest absolute Gasteiger partial charge is 0.453 e. The Morgan fingerprint density at radius 2 is 1.68 bits per heavy atom. The van der Waals surface area contributed by atoms with Crippen molar-refractivity contribution in [3.8, 4) is 0 Å². The number of carbonyl (C=O) groups excluding carboxylic acids is 2. The van der Waals surface area contributed by atoms with Crippen molar-refractivity contribution in [1.29, 1.82) is 0 Å². The number of hydrogen-bond acceptors (Lipinski definition) is 4. The third-order valence-corrected chi connectivity index (χ3v) is 6.49. The summed E-state index contributed by atoms with van der Waals surface area (Å²) in [6.45, 7) is 2.15. The molecule has 0 N–H and O–H groups in total. The van der Waals surface area contributed by atoms with Crippen molar-refractivity contribution in [2.75, 3.05) is 5.75 Å². The Hall–Kier alpha value is -2.07. The Balaban J connectivity index is 1.68. The molecule has 0 bridgehead atoms. The van der Waals surface area contributed by atoms with Crippen LogP contribution in [0.5, 0.6) is 0 Å². The number of aryl methyl sites for hydroxylation is 1. The fourth-order valence-electron chi connectivity index (χ4n) is 3.74. The Morgan fingerprint density at radius 1 is 1.00 bits per heavy atom. The van der Waals surface area contributed by atoms with Gasteiger partial charge in [-0.2, -0.15) is 0 Å². The number of rotatable bonds is 9. The van der Waals surface area contributed by atoms with Gasteiger partial charge in [0.05, 0.1) is 6.42 Å². The van der Waals surface area contributed by atoms with E-state index in [1.54, 1.807) is 0 Å². The van der Waals surface area contributed by atoms with E-state index < -0.39 is 10.9 Å². The fraction of sp³-hybridized carbons (Fsp3) is 0.417. The summed E-state index contributed by atoms with van der Waals surface area (Å²) in [7, 11) is 0. The first-order chi connectivity index (χ1) is 13.6. The van der Waals surface area contributed by atoms with Gasteiger partial charge in [0.15, 0.2) is 11.0 Å². The zero-order valence-electron chi connectivity index (χ0n) is 16.4. The number of Topliss-reactive ketones (excluding diaryl/α,β-unsaturated/α-hetero) is 1. The molecule has 0 aromatic heterocycles. The highest BCUT2D eigenvalue weighted by Crippen LogP contribution is 2.41. The monoisotopic (exact) mass is 396 g/mol. The van der Waals surface area contributed by atoms with Gasteiger partial charge in [0.25, 0.3) is 0 Å². The molecule has 1 aliphatic rings. The van der Waals surface area contributed by atoms with Gasteiger partial charge in [0.1, 0.15) is 5.60 Å². The van der Waals surface area contributed by atoms with E-state index in [0.717, 1.165) is 37.0 Å². The van der Waals surface area contributed by atoms with Crippen molar-refractivity contribution in [3.63, 3.8) is 0 Å². The Bertz CT molecular complexity index is 755. The van der Waals surface area contributed by atoms with E-state index in [4.69, 9.17) is 4.74 Å². The maximum absolute atomic E-state index is 12.9. The predicted octanol–water partition coefficient (Wildman–Crippen LogP) is 5.32. The van der Waals surface area contributed by atoms with Crippen LogP contribution in [0.1, 0.15) is 50.2 Å². The smallest absolute Gasteiger partial charge is 0.327 e. The van der Waals surface area contributed by atoms with Crippen LogP contribution in [0.4, 0.5) is 0 Å². The molecule has 1 fully saturated rings. The highest BCUT2D eigenvalue weighted by atomic mass is 32.2. The zero-order valence-corrected chi connectivity index (χ0v) is 17.3. The molecule has 2 aromatic rings. The first-order valence-corrected chi connectivity index (χ1v) is 11.2. The number of hydrogen-bond donors (Lipinski definition) is 0. The lowest BCUT2D eigenvalue weighted by Gasteiger charge is -2.39. The van der Waals surface area contributed by atoms with Crippen LogP contribution in [0.25, 0.3) is 0 Å². The second-order valence-electron chi connectivity index (χ2n) is 7.37. The summed E-state index contributed by atoms with van der Waals surface area (Å²) < 4.78 is 6.01. The molecule has 28 heavy (non-hydrogen) atoms. The topological polar surface area (TPSA) is 43.4 Å².